The molecule has 3 rings (SSSR count). The fraction of sp³-hybridized carbons (Fsp3) is 0.500. The zero-order chi connectivity index (χ0) is 20.6. The van der Waals surface area contributed by atoms with E-state index in [1.807, 2.05) is 0 Å². The van der Waals surface area contributed by atoms with Gasteiger partial charge in [0.05, 0.1) is 12.1 Å². The summed E-state index contributed by atoms with van der Waals surface area (Å²) < 4.78 is 17.8. The van der Waals surface area contributed by atoms with Crippen LogP contribution < -0.4 is 0 Å². The first-order valence-electron chi connectivity index (χ1n) is 9.13. The highest BCUT2D eigenvalue weighted by Gasteiger charge is 2.46. The second-order valence-corrected chi connectivity index (χ2v) is 7.28. The maximum atomic E-state index is 12.8. The molecule has 1 aromatic rings. The van der Waals surface area contributed by atoms with E-state index in [9.17, 15) is 19.2 Å². The number of hydrogen-bond acceptors (Lipinski definition) is 7. The van der Waals surface area contributed by atoms with Crippen molar-refractivity contribution in [1.29, 1.82) is 0 Å². The lowest BCUT2D eigenvalue weighted by Gasteiger charge is -2.33. The lowest BCUT2D eigenvalue weighted by Crippen LogP contribution is -2.47. The van der Waals surface area contributed by atoms with Gasteiger partial charge in [0, 0.05) is 30.2 Å². The third-order valence-electron chi connectivity index (χ3n) is 5.39. The molecule has 0 N–H and O–H groups in total. The van der Waals surface area contributed by atoms with Crippen molar-refractivity contribution in [3.8, 4) is 0 Å². The molecule has 0 amide bonds. The SMILES string of the molecule is CC=C1C[C@H](C)[C@@](C)(OC(C)=O)C(=O)OCc2ccn3c2[C@H](CC3=O)OC1=O. The third kappa shape index (κ3) is 3.34. The summed E-state index contributed by atoms with van der Waals surface area (Å²) in [5.41, 5.74) is -0.169. The highest BCUT2D eigenvalue weighted by atomic mass is 16.6. The summed E-state index contributed by atoms with van der Waals surface area (Å²) in [4.78, 5) is 49.4. The van der Waals surface area contributed by atoms with Crippen molar-refractivity contribution in [1.82, 2.24) is 4.57 Å². The van der Waals surface area contributed by atoms with Gasteiger partial charge in [0.25, 0.3) is 0 Å². The van der Waals surface area contributed by atoms with Crippen LogP contribution in [0.1, 0.15) is 62.7 Å². The smallest absolute Gasteiger partial charge is 0.350 e. The van der Waals surface area contributed by atoms with E-state index >= 15 is 0 Å². The molecule has 0 saturated heterocycles. The van der Waals surface area contributed by atoms with Crippen LogP contribution in [-0.2, 0) is 35.2 Å². The molecule has 0 aliphatic carbocycles. The summed E-state index contributed by atoms with van der Waals surface area (Å²) in [5, 5.41) is 0. The molecule has 8 nitrogen and oxygen atoms in total. The van der Waals surface area contributed by atoms with E-state index in [2.05, 4.69) is 0 Å². The van der Waals surface area contributed by atoms with Crippen molar-refractivity contribution in [3.05, 3.63) is 35.2 Å². The Labute approximate surface area is 162 Å². The van der Waals surface area contributed by atoms with Gasteiger partial charge in [0.1, 0.15) is 6.61 Å². The van der Waals surface area contributed by atoms with E-state index in [1.54, 1.807) is 32.2 Å². The number of esters is 3. The maximum Gasteiger partial charge on any atom is 0.350 e. The normalized spacial score (nSPS) is 29.4. The summed E-state index contributed by atoms with van der Waals surface area (Å²) >= 11 is 0. The summed E-state index contributed by atoms with van der Waals surface area (Å²) in [5.74, 6) is -2.64. The van der Waals surface area contributed by atoms with Gasteiger partial charge in [-0.15, -0.1) is 0 Å². The second kappa shape index (κ2) is 7.26. The quantitative estimate of drug-likeness (QED) is 0.413. The number of nitrogens with zero attached hydrogens (tertiary/aromatic N) is 1. The molecule has 0 spiro atoms. The Morgan fingerprint density at radius 3 is 2.68 bits per heavy atom. The number of hydrogen-bond donors (Lipinski definition) is 0. The van der Waals surface area contributed by atoms with Gasteiger partial charge in [-0.2, -0.15) is 0 Å². The topological polar surface area (TPSA) is 101 Å². The van der Waals surface area contributed by atoms with Crippen LogP contribution in [0.2, 0.25) is 0 Å². The predicted molar refractivity (Wildman–Crippen MR) is 96.0 cm³/mol. The van der Waals surface area contributed by atoms with Crippen LogP contribution in [0.25, 0.3) is 0 Å². The Morgan fingerprint density at radius 2 is 2.04 bits per heavy atom. The average molecular weight is 389 g/mol. The van der Waals surface area contributed by atoms with Crippen LogP contribution in [0, 0.1) is 5.92 Å². The van der Waals surface area contributed by atoms with Crippen molar-refractivity contribution in [2.75, 3.05) is 0 Å². The van der Waals surface area contributed by atoms with Crippen LogP contribution in [0.5, 0.6) is 0 Å². The van der Waals surface area contributed by atoms with Gasteiger partial charge in [-0.25, -0.2) is 9.59 Å². The lowest BCUT2D eigenvalue weighted by atomic mass is 9.85. The first-order chi connectivity index (χ1) is 13.2. The van der Waals surface area contributed by atoms with E-state index in [4.69, 9.17) is 14.2 Å². The average Bonchev–Trinajstić information content (AvgIpc) is 3.17. The Bertz CT molecular complexity index is 881. The zero-order valence-corrected chi connectivity index (χ0v) is 16.3. The molecule has 0 saturated carbocycles. The fourth-order valence-electron chi connectivity index (χ4n) is 3.61. The molecule has 0 bridgehead atoms. The van der Waals surface area contributed by atoms with Crippen molar-refractivity contribution >= 4 is 23.8 Å². The largest absolute Gasteiger partial charge is 0.458 e. The van der Waals surface area contributed by atoms with E-state index < -0.39 is 35.5 Å². The summed E-state index contributed by atoms with van der Waals surface area (Å²) in [7, 11) is 0. The highest BCUT2D eigenvalue weighted by Crippen LogP contribution is 2.36. The number of carbonyl (C=O) groups excluding carboxylic acids is 4. The standard InChI is InChI=1S/C20H23NO7/c1-5-13-8-11(2)20(4,28-12(3)22)19(25)26-10-14-6-7-21-16(23)9-15(17(14)21)27-18(13)24/h5-7,11,15H,8-10H2,1-4H3/t11-,15-,20+/m0/s1. The Morgan fingerprint density at radius 1 is 1.32 bits per heavy atom. The predicted octanol–water partition coefficient (Wildman–Crippen LogP) is 2.47. The highest BCUT2D eigenvalue weighted by molar-refractivity contribution is 5.91. The van der Waals surface area contributed by atoms with Crippen LogP contribution in [-0.4, -0.2) is 34.0 Å². The van der Waals surface area contributed by atoms with E-state index in [1.165, 1.54) is 18.4 Å². The Kier molecular flexibility index (Phi) is 5.14. The first-order valence-corrected chi connectivity index (χ1v) is 9.13. The van der Waals surface area contributed by atoms with Crippen molar-refractivity contribution in [2.24, 2.45) is 5.92 Å². The molecule has 0 unspecified atom stereocenters. The molecule has 0 aromatic carbocycles. The lowest BCUT2D eigenvalue weighted by molar-refractivity contribution is -0.187. The summed E-state index contributed by atoms with van der Waals surface area (Å²) in [6, 6.07) is 1.65. The summed E-state index contributed by atoms with van der Waals surface area (Å²) in [6.07, 6.45) is 2.62. The number of cyclic esters (lactones) is 1. The van der Waals surface area contributed by atoms with E-state index in [0.29, 0.717) is 16.8 Å². The minimum absolute atomic E-state index is 0.0422. The molecule has 0 fully saturated rings. The van der Waals surface area contributed by atoms with Crippen LogP contribution in [0.3, 0.4) is 0 Å². The molecule has 150 valence electrons. The van der Waals surface area contributed by atoms with Crippen molar-refractivity contribution < 1.29 is 33.4 Å². The second-order valence-electron chi connectivity index (χ2n) is 7.28. The van der Waals surface area contributed by atoms with Gasteiger partial charge in [-0.1, -0.05) is 13.0 Å². The monoisotopic (exact) mass is 389 g/mol. The number of rotatable bonds is 1. The van der Waals surface area contributed by atoms with Crippen molar-refractivity contribution in [3.63, 3.8) is 0 Å². The molecular weight excluding hydrogens is 366 g/mol. The molecule has 0 radical (unpaired) electrons. The van der Waals surface area contributed by atoms with Crippen LogP contribution >= 0.6 is 0 Å². The van der Waals surface area contributed by atoms with E-state index in [0.717, 1.165) is 0 Å². The molecule has 2 aliphatic heterocycles. The zero-order valence-electron chi connectivity index (χ0n) is 16.3. The molecule has 1 aromatic heterocycles. The minimum atomic E-state index is -1.57. The molecule has 3 heterocycles. The van der Waals surface area contributed by atoms with Gasteiger partial charge < -0.3 is 14.2 Å². The van der Waals surface area contributed by atoms with Gasteiger partial charge in [0.15, 0.2) is 6.10 Å². The van der Waals surface area contributed by atoms with Gasteiger partial charge in [0.2, 0.25) is 11.5 Å². The molecule has 28 heavy (non-hydrogen) atoms. The van der Waals surface area contributed by atoms with Crippen molar-refractivity contribution in [2.45, 2.75) is 58.8 Å². The number of ether oxygens (including phenoxy) is 3. The van der Waals surface area contributed by atoms with Gasteiger partial charge >= 0.3 is 17.9 Å². The molecule has 3 atom stereocenters. The Hall–Kier alpha value is -2.90. The number of carbonyl (C=O) groups is 4. The summed E-state index contributed by atoms with van der Waals surface area (Å²) in [6.45, 7) is 5.95. The number of allylic oxidation sites excluding steroid dienone is 1. The fourth-order valence-corrected chi connectivity index (χ4v) is 3.61. The maximum absolute atomic E-state index is 12.8. The molecule has 2 aliphatic rings. The number of aromatic nitrogens is 1. The Balaban J connectivity index is 2.04. The molecule has 8 heteroatoms. The van der Waals surface area contributed by atoms with Crippen LogP contribution in [0.15, 0.2) is 23.9 Å². The minimum Gasteiger partial charge on any atom is -0.458 e. The van der Waals surface area contributed by atoms with Crippen LogP contribution in [0.4, 0.5) is 0 Å². The van der Waals surface area contributed by atoms with Gasteiger partial charge in [-0.05, 0) is 26.3 Å². The van der Waals surface area contributed by atoms with E-state index in [-0.39, 0.29) is 25.4 Å². The van der Waals surface area contributed by atoms with Gasteiger partial charge in [-0.3, -0.25) is 14.2 Å². The first kappa shape index (κ1) is 19.9. The third-order valence-corrected chi connectivity index (χ3v) is 5.39. The molecular formula is C20H23NO7.